The fourth-order valence-electron chi connectivity index (χ4n) is 2.87. The minimum Gasteiger partial charge on any atom is -0.493 e. The SMILES string of the molecule is COc1cc(C(=O)OCCOc2ccc(F)cc2)ccc1OCC(=O)N1CCOCC1. The Balaban J connectivity index is 1.48. The first kappa shape index (κ1) is 22.4. The Morgan fingerprint density at radius 2 is 1.74 bits per heavy atom. The van der Waals surface area contributed by atoms with Crippen molar-refractivity contribution in [3.05, 3.63) is 53.8 Å². The summed E-state index contributed by atoms with van der Waals surface area (Å²) in [4.78, 5) is 26.1. The molecular weight excluding hydrogens is 409 g/mol. The van der Waals surface area contributed by atoms with Crippen LogP contribution in [0.1, 0.15) is 10.4 Å². The minimum absolute atomic E-state index is 0.0187. The maximum Gasteiger partial charge on any atom is 0.338 e. The second-order valence-corrected chi connectivity index (χ2v) is 6.59. The highest BCUT2D eigenvalue weighted by molar-refractivity contribution is 5.90. The number of ether oxygens (including phenoxy) is 5. The second-order valence-electron chi connectivity index (χ2n) is 6.59. The summed E-state index contributed by atoms with van der Waals surface area (Å²) in [5.41, 5.74) is 0.269. The maximum atomic E-state index is 12.9. The van der Waals surface area contributed by atoms with Crippen molar-refractivity contribution in [2.45, 2.75) is 0 Å². The van der Waals surface area contributed by atoms with E-state index < -0.39 is 5.97 Å². The summed E-state index contributed by atoms with van der Waals surface area (Å²) in [6, 6.07) is 10.1. The van der Waals surface area contributed by atoms with Crippen molar-refractivity contribution in [3.63, 3.8) is 0 Å². The lowest BCUT2D eigenvalue weighted by Crippen LogP contribution is -2.43. The van der Waals surface area contributed by atoms with Gasteiger partial charge in [-0.2, -0.15) is 0 Å². The summed E-state index contributed by atoms with van der Waals surface area (Å²) in [5, 5.41) is 0. The van der Waals surface area contributed by atoms with E-state index in [0.29, 0.717) is 43.6 Å². The van der Waals surface area contributed by atoms with Crippen LogP contribution in [0.15, 0.2) is 42.5 Å². The zero-order valence-corrected chi connectivity index (χ0v) is 17.2. The zero-order chi connectivity index (χ0) is 22.1. The number of esters is 1. The van der Waals surface area contributed by atoms with Gasteiger partial charge in [-0.3, -0.25) is 4.79 Å². The quantitative estimate of drug-likeness (QED) is 0.443. The summed E-state index contributed by atoms with van der Waals surface area (Å²) >= 11 is 0. The van der Waals surface area contributed by atoms with E-state index in [2.05, 4.69) is 0 Å². The molecule has 31 heavy (non-hydrogen) atoms. The predicted octanol–water partition coefficient (Wildman–Crippen LogP) is 2.31. The molecular formula is C22H24FNO7. The third kappa shape index (κ3) is 6.58. The molecule has 0 aromatic heterocycles. The molecule has 1 saturated heterocycles. The van der Waals surface area contributed by atoms with Crippen molar-refractivity contribution in [3.8, 4) is 17.2 Å². The summed E-state index contributed by atoms with van der Waals surface area (Å²) < 4.78 is 39.5. The Morgan fingerprint density at radius 3 is 2.45 bits per heavy atom. The Hall–Kier alpha value is -3.33. The molecule has 0 bridgehead atoms. The first-order valence-corrected chi connectivity index (χ1v) is 9.78. The van der Waals surface area contributed by atoms with E-state index in [1.54, 1.807) is 11.0 Å². The van der Waals surface area contributed by atoms with Gasteiger partial charge in [0.05, 0.1) is 25.9 Å². The first-order chi connectivity index (χ1) is 15.1. The van der Waals surface area contributed by atoms with Crippen LogP contribution in [0.4, 0.5) is 4.39 Å². The number of benzene rings is 2. The van der Waals surface area contributed by atoms with Gasteiger partial charge in [-0.05, 0) is 42.5 Å². The van der Waals surface area contributed by atoms with Gasteiger partial charge in [0.25, 0.3) is 5.91 Å². The van der Waals surface area contributed by atoms with Crippen molar-refractivity contribution in [2.24, 2.45) is 0 Å². The minimum atomic E-state index is -0.558. The predicted molar refractivity (Wildman–Crippen MR) is 108 cm³/mol. The van der Waals surface area contributed by atoms with Gasteiger partial charge >= 0.3 is 5.97 Å². The highest BCUT2D eigenvalue weighted by Gasteiger charge is 2.19. The molecule has 2 aromatic rings. The monoisotopic (exact) mass is 433 g/mol. The van der Waals surface area contributed by atoms with Crippen LogP contribution < -0.4 is 14.2 Å². The summed E-state index contributed by atoms with van der Waals surface area (Å²) in [6.45, 7) is 2.11. The van der Waals surface area contributed by atoms with Crippen LogP contribution in [-0.4, -0.2) is 70.0 Å². The number of methoxy groups -OCH3 is 1. The van der Waals surface area contributed by atoms with Crippen LogP contribution in [0, 0.1) is 5.82 Å². The zero-order valence-electron chi connectivity index (χ0n) is 17.2. The van der Waals surface area contributed by atoms with E-state index in [1.165, 1.54) is 43.5 Å². The molecule has 2 aromatic carbocycles. The number of rotatable bonds is 9. The lowest BCUT2D eigenvalue weighted by Gasteiger charge is -2.26. The number of amides is 1. The van der Waals surface area contributed by atoms with E-state index >= 15 is 0 Å². The van der Waals surface area contributed by atoms with Gasteiger partial charge in [-0.1, -0.05) is 0 Å². The second kappa shape index (κ2) is 11.2. The molecule has 166 valence electrons. The molecule has 8 nitrogen and oxygen atoms in total. The maximum absolute atomic E-state index is 12.9. The van der Waals surface area contributed by atoms with Crippen LogP contribution in [0.2, 0.25) is 0 Å². The average Bonchev–Trinajstić information content (AvgIpc) is 2.81. The Morgan fingerprint density at radius 1 is 1.00 bits per heavy atom. The third-order valence-electron chi connectivity index (χ3n) is 4.51. The molecule has 0 spiro atoms. The molecule has 1 fully saturated rings. The number of nitrogens with zero attached hydrogens (tertiary/aromatic N) is 1. The molecule has 0 atom stereocenters. The van der Waals surface area contributed by atoms with Gasteiger partial charge in [-0.25, -0.2) is 9.18 Å². The molecule has 1 amide bonds. The van der Waals surface area contributed by atoms with Crippen molar-refractivity contribution >= 4 is 11.9 Å². The molecule has 0 aliphatic carbocycles. The number of hydrogen-bond donors (Lipinski definition) is 0. The molecule has 0 N–H and O–H groups in total. The van der Waals surface area contributed by atoms with Gasteiger partial charge in [0.15, 0.2) is 18.1 Å². The molecule has 1 aliphatic rings. The van der Waals surface area contributed by atoms with E-state index in [0.717, 1.165) is 0 Å². The van der Waals surface area contributed by atoms with Crippen molar-refractivity contribution in [1.29, 1.82) is 0 Å². The number of carbonyl (C=O) groups excluding carboxylic acids is 2. The topological polar surface area (TPSA) is 83.5 Å². The summed E-state index contributed by atoms with van der Waals surface area (Å²) in [5.74, 6) is 0.0805. The number of halogens is 1. The standard InChI is InChI=1S/C22H24FNO7/c1-27-20-14-16(22(26)30-13-12-29-18-5-3-17(23)4-6-18)2-7-19(20)31-15-21(25)24-8-10-28-11-9-24/h2-7,14H,8-13,15H2,1H3. The van der Waals surface area contributed by atoms with E-state index in [1.807, 2.05) is 0 Å². The third-order valence-corrected chi connectivity index (χ3v) is 4.51. The van der Waals surface area contributed by atoms with Gasteiger partial charge in [0.1, 0.15) is 24.8 Å². The normalized spacial score (nSPS) is 13.4. The first-order valence-electron chi connectivity index (χ1n) is 9.78. The Kier molecular flexibility index (Phi) is 8.05. The van der Waals surface area contributed by atoms with Gasteiger partial charge in [0, 0.05) is 13.1 Å². The van der Waals surface area contributed by atoms with Gasteiger partial charge in [-0.15, -0.1) is 0 Å². The summed E-state index contributed by atoms with van der Waals surface area (Å²) in [7, 11) is 1.44. The van der Waals surface area contributed by atoms with E-state index in [4.69, 9.17) is 23.7 Å². The highest BCUT2D eigenvalue weighted by atomic mass is 19.1. The van der Waals surface area contributed by atoms with Crippen LogP contribution in [-0.2, 0) is 14.3 Å². The molecule has 0 saturated carbocycles. The fourth-order valence-corrected chi connectivity index (χ4v) is 2.87. The highest BCUT2D eigenvalue weighted by Crippen LogP contribution is 2.28. The molecule has 0 radical (unpaired) electrons. The fraction of sp³-hybridized carbons (Fsp3) is 0.364. The van der Waals surface area contributed by atoms with Gasteiger partial charge < -0.3 is 28.6 Å². The Bertz CT molecular complexity index is 882. The van der Waals surface area contributed by atoms with Crippen LogP contribution >= 0.6 is 0 Å². The summed E-state index contributed by atoms with van der Waals surface area (Å²) in [6.07, 6.45) is 0. The van der Waals surface area contributed by atoms with Crippen LogP contribution in [0.5, 0.6) is 17.2 Å². The molecule has 1 aliphatic heterocycles. The van der Waals surface area contributed by atoms with E-state index in [-0.39, 0.29) is 37.1 Å². The largest absolute Gasteiger partial charge is 0.493 e. The van der Waals surface area contributed by atoms with Gasteiger partial charge in [0.2, 0.25) is 0 Å². The molecule has 0 unspecified atom stereocenters. The van der Waals surface area contributed by atoms with Crippen molar-refractivity contribution in [2.75, 3.05) is 53.2 Å². The number of hydrogen-bond acceptors (Lipinski definition) is 7. The Labute approximate surface area is 179 Å². The molecule has 1 heterocycles. The van der Waals surface area contributed by atoms with E-state index in [9.17, 15) is 14.0 Å². The van der Waals surface area contributed by atoms with Crippen molar-refractivity contribution in [1.82, 2.24) is 4.90 Å². The number of morpholine rings is 1. The molecule has 3 rings (SSSR count). The number of carbonyl (C=O) groups is 2. The lowest BCUT2D eigenvalue weighted by atomic mass is 10.2. The van der Waals surface area contributed by atoms with Crippen molar-refractivity contribution < 1.29 is 37.7 Å². The molecule has 9 heteroatoms. The van der Waals surface area contributed by atoms with Crippen LogP contribution in [0.25, 0.3) is 0 Å². The van der Waals surface area contributed by atoms with Crippen LogP contribution in [0.3, 0.4) is 0 Å². The lowest BCUT2D eigenvalue weighted by molar-refractivity contribution is -0.137. The smallest absolute Gasteiger partial charge is 0.338 e. The average molecular weight is 433 g/mol.